The van der Waals surface area contributed by atoms with Gasteiger partial charge in [0, 0.05) is 12.6 Å². The molecule has 0 saturated carbocycles. The highest BCUT2D eigenvalue weighted by atomic mass is 16.3. The average molecular weight is 197 g/mol. The van der Waals surface area contributed by atoms with Gasteiger partial charge in [-0.15, -0.1) is 0 Å². The molecule has 2 nitrogen and oxygen atoms in total. The summed E-state index contributed by atoms with van der Waals surface area (Å²) in [6, 6.07) is 0.577. The summed E-state index contributed by atoms with van der Waals surface area (Å²) in [5, 5.41) is 12.0. The van der Waals surface area contributed by atoms with Gasteiger partial charge in [0.2, 0.25) is 0 Å². The van der Waals surface area contributed by atoms with Crippen molar-refractivity contribution in [2.24, 2.45) is 5.41 Å². The molecule has 1 aliphatic rings. The van der Waals surface area contributed by atoms with Gasteiger partial charge in [-0.2, -0.15) is 0 Å². The first kappa shape index (κ1) is 11.7. The number of allylic oxidation sites excluding steroid dienone is 1. The molecular formula is C12H23NO. The van der Waals surface area contributed by atoms with Crippen LogP contribution >= 0.6 is 0 Å². The van der Waals surface area contributed by atoms with Gasteiger partial charge in [-0.1, -0.05) is 32.4 Å². The first-order chi connectivity index (χ1) is 6.54. The molecule has 82 valence electrons. The molecule has 1 atom stereocenters. The number of aliphatic hydroxyl groups excluding tert-OH is 1. The second kappa shape index (κ2) is 4.94. The van der Waals surface area contributed by atoms with Crippen LogP contribution in [0.15, 0.2) is 11.6 Å². The molecule has 1 aliphatic carbocycles. The fraction of sp³-hybridized carbons (Fsp3) is 0.833. The zero-order chi connectivity index (χ0) is 10.6. The van der Waals surface area contributed by atoms with E-state index < -0.39 is 0 Å². The summed E-state index contributed by atoms with van der Waals surface area (Å²) in [7, 11) is 0. The van der Waals surface area contributed by atoms with E-state index in [2.05, 4.69) is 32.2 Å². The van der Waals surface area contributed by atoms with E-state index in [-0.39, 0.29) is 6.61 Å². The van der Waals surface area contributed by atoms with E-state index in [1.54, 1.807) is 5.57 Å². The quantitative estimate of drug-likeness (QED) is 0.679. The zero-order valence-corrected chi connectivity index (χ0v) is 9.64. The standard InChI is InChI=1S/C12H23NO/c1-12(2,3)10-4-6-11(7-5-10)13-8-9-14/h4,11,13-14H,5-9H2,1-3H3/t11-/m1/s1. The molecule has 0 aliphatic heterocycles. The Hall–Kier alpha value is -0.340. The summed E-state index contributed by atoms with van der Waals surface area (Å²) in [6.45, 7) is 7.80. The molecule has 0 bridgehead atoms. The summed E-state index contributed by atoms with van der Waals surface area (Å²) < 4.78 is 0. The Morgan fingerprint density at radius 2 is 2.21 bits per heavy atom. The Bertz CT molecular complexity index is 203. The van der Waals surface area contributed by atoms with E-state index in [4.69, 9.17) is 5.11 Å². The van der Waals surface area contributed by atoms with Crippen LogP contribution in [0.2, 0.25) is 0 Å². The predicted molar refractivity (Wildman–Crippen MR) is 60.3 cm³/mol. The van der Waals surface area contributed by atoms with Crippen LogP contribution in [0.3, 0.4) is 0 Å². The summed E-state index contributed by atoms with van der Waals surface area (Å²) in [5.74, 6) is 0. The van der Waals surface area contributed by atoms with Crippen molar-refractivity contribution in [1.82, 2.24) is 5.32 Å². The van der Waals surface area contributed by atoms with Gasteiger partial charge in [0.15, 0.2) is 0 Å². The van der Waals surface area contributed by atoms with Gasteiger partial charge >= 0.3 is 0 Å². The second-order valence-corrected chi connectivity index (χ2v) is 5.13. The van der Waals surface area contributed by atoms with E-state index in [1.165, 1.54) is 12.8 Å². The van der Waals surface area contributed by atoms with Crippen molar-refractivity contribution in [3.63, 3.8) is 0 Å². The number of aliphatic hydroxyl groups is 1. The molecular weight excluding hydrogens is 174 g/mol. The minimum Gasteiger partial charge on any atom is -0.395 e. The normalized spacial score (nSPS) is 23.4. The molecule has 0 unspecified atom stereocenters. The highest BCUT2D eigenvalue weighted by molar-refractivity contribution is 5.14. The monoisotopic (exact) mass is 197 g/mol. The van der Waals surface area contributed by atoms with Crippen molar-refractivity contribution in [3.8, 4) is 0 Å². The lowest BCUT2D eigenvalue weighted by Gasteiger charge is -2.30. The first-order valence-electron chi connectivity index (χ1n) is 5.58. The van der Waals surface area contributed by atoms with Crippen molar-refractivity contribution >= 4 is 0 Å². The first-order valence-corrected chi connectivity index (χ1v) is 5.58. The van der Waals surface area contributed by atoms with E-state index in [0.29, 0.717) is 11.5 Å². The minimum atomic E-state index is 0.242. The van der Waals surface area contributed by atoms with Crippen LogP contribution < -0.4 is 5.32 Å². The van der Waals surface area contributed by atoms with Crippen molar-refractivity contribution in [2.45, 2.75) is 46.1 Å². The Morgan fingerprint density at radius 1 is 1.50 bits per heavy atom. The lowest BCUT2D eigenvalue weighted by Crippen LogP contribution is -2.33. The van der Waals surface area contributed by atoms with Crippen LogP contribution in [0.1, 0.15) is 40.0 Å². The maximum atomic E-state index is 8.70. The van der Waals surface area contributed by atoms with Gasteiger partial charge in [0.25, 0.3) is 0 Å². The Labute approximate surface area is 87.4 Å². The lowest BCUT2D eigenvalue weighted by atomic mass is 9.79. The molecule has 2 heteroatoms. The third kappa shape index (κ3) is 3.43. The van der Waals surface area contributed by atoms with Crippen molar-refractivity contribution in [2.75, 3.05) is 13.2 Å². The predicted octanol–water partition coefficient (Wildman–Crippen LogP) is 2.09. The molecule has 0 saturated heterocycles. The number of rotatable bonds is 3. The smallest absolute Gasteiger partial charge is 0.0556 e. The fourth-order valence-corrected chi connectivity index (χ4v) is 1.97. The van der Waals surface area contributed by atoms with Crippen LogP contribution in [0, 0.1) is 5.41 Å². The summed E-state index contributed by atoms with van der Waals surface area (Å²) in [4.78, 5) is 0. The molecule has 0 heterocycles. The fourth-order valence-electron chi connectivity index (χ4n) is 1.97. The van der Waals surface area contributed by atoms with Gasteiger partial charge < -0.3 is 10.4 Å². The Balaban J connectivity index is 2.39. The second-order valence-electron chi connectivity index (χ2n) is 5.13. The number of nitrogens with one attached hydrogen (secondary N) is 1. The highest BCUT2D eigenvalue weighted by Crippen LogP contribution is 2.32. The average Bonchev–Trinajstić information content (AvgIpc) is 2.14. The van der Waals surface area contributed by atoms with E-state index >= 15 is 0 Å². The van der Waals surface area contributed by atoms with Crippen LogP contribution in [-0.4, -0.2) is 24.3 Å². The summed E-state index contributed by atoms with van der Waals surface area (Å²) in [6.07, 6.45) is 5.90. The molecule has 0 radical (unpaired) electrons. The molecule has 0 aromatic heterocycles. The largest absolute Gasteiger partial charge is 0.395 e. The van der Waals surface area contributed by atoms with E-state index in [1.807, 2.05) is 0 Å². The third-order valence-corrected chi connectivity index (χ3v) is 2.92. The maximum absolute atomic E-state index is 8.70. The zero-order valence-electron chi connectivity index (χ0n) is 9.64. The summed E-state index contributed by atoms with van der Waals surface area (Å²) in [5.41, 5.74) is 1.92. The topological polar surface area (TPSA) is 32.3 Å². The van der Waals surface area contributed by atoms with Crippen molar-refractivity contribution in [1.29, 1.82) is 0 Å². The van der Waals surface area contributed by atoms with Gasteiger partial charge in [-0.25, -0.2) is 0 Å². The highest BCUT2D eigenvalue weighted by Gasteiger charge is 2.21. The van der Waals surface area contributed by atoms with E-state index in [0.717, 1.165) is 13.0 Å². The molecule has 1 rings (SSSR count). The SMILES string of the molecule is CC(C)(C)C1=CC[C@@H](NCCO)CC1. The van der Waals surface area contributed by atoms with Gasteiger partial charge in [0.05, 0.1) is 6.61 Å². The molecule has 0 spiro atoms. The van der Waals surface area contributed by atoms with Gasteiger partial charge in [0.1, 0.15) is 0 Å². The van der Waals surface area contributed by atoms with Crippen LogP contribution in [0.25, 0.3) is 0 Å². The van der Waals surface area contributed by atoms with Crippen molar-refractivity contribution < 1.29 is 5.11 Å². The molecule has 0 aromatic rings. The van der Waals surface area contributed by atoms with Crippen molar-refractivity contribution in [3.05, 3.63) is 11.6 Å². The van der Waals surface area contributed by atoms with E-state index in [9.17, 15) is 0 Å². The third-order valence-electron chi connectivity index (χ3n) is 2.92. The van der Waals surface area contributed by atoms with Crippen LogP contribution in [0.4, 0.5) is 0 Å². The molecule has 0 amide bonds. The molecule has 14 heavy (non-hydrogen) atoms. The van der Waals surface area contributed by atoms with Crippen LogP contribution in [0.5, 0.6) is 0 Å². The maximum Gasteiger partial charge on any atom is 0.0556 e. The summed E-state index contributed by atoms with van der Waals surface area (Å²) >= 11 is 0. The minimum absolute atomic E-state index is 0.242. The molecule has 2 N–H and O–H groups in total. The Kier molecular flexibility index (Phi) is 4.14. The molecule has 0 aromatic carbocycles. The lowest BCUT2D eigenvalue weighted by molar-refractivity contribution is 0.279. The van der Waals surface area contributed by atoms with Gasteiger partial charge in [-0.05, 0) is 24.7 Å². The molecule has 0 fully saturated rings. The number of hydrogen-bond donors (Lipinski definition) is 2. The van der Waals surface area contributed by atoms with Crippen LogP contribution in [-0.2, 0) is 0 Å². The number of hydrogen-bond acceptors (Lipinski definition) is 2. The van der Waals surface area contributed by atoms with Gasteiger partial charge in [-0.3, -0.25) is 0 Å². The Morgan fingerprint density at radius 3 is 2.64 bits per heavy atom.